The summed E-state index contributed by atoms with van der Waals surface area (Å²) < 4.78 is 11.7. The molecule has 0 bridgehead atoms. The van der Waals surface area contributed by atoms with Crippen molar-refractivity contribution >= 4 is 29.9 Å². The Morgan fingerprint density at radius 2 is 2.12 bits per heavy atom. The van der Waals surface area contributed by atoms with Crippen LogP contribution in [-0.2, 0) is 4.74 Å². The van der Waals surface area contributed by atoms with Crippen molar-refractivity contribution in [3.8, 4) is 0 Å². The Labute approximate surface area is 162 Å². The van der Waals surface area contributed by atoms with Gasteiger partial charge in [-0.05, 0) is 38.8 Å². The molecule has 2 fully saturated rings. The topological polar surface area (TPSA) is 58.8 Å². The summed E-state index contributed by atoms with van der Waals surface area (Å²) in [6.07, 6.45) is 2.76. The minimum absolute atomic E-state index is 0. The van der Waals surface area contributed by atoms with Crippen LogP contribution in [0.5, 0.6) is 0 Å². The molecule has 5 nitrogen and oxygen atoms in total. The van der Waals surface area contributed by atoms with Gasteiger partial charge in [-0.25, -0.2) is 0 Å². The number of hydrogen-bond acceptors (Lipinski definition) is 3. The largest absolute Gasteiger partial charge is 0.464 e. The van der Waals surface area contributed by atoms with E-state index in [-0.39, 0.29) is 35.4 Å². The maximum absolute atomic E-state index is 5.98. The van der Waals surface area contributed by atoms with Crippen molar-refractivity contribution in [1.82, 2.24) is 10.6 Å². The number of furan rings is 1. The summed E-state index contributed by atoms with van der Waals surface area (Å²) >= 11 is 0. The van der Waals surface area contributed by atoms with Crippen LogP contribution in [0.4, 0.5) is 0 Å². The highest BCUT2D eigenvalue weighted by atomic mass is 127. The molecule has 0 amide bonds. The number of guanidine groups is 1. The molecule has 136 valence electrons. The van der Waals surface area contributed by atoms with Crippen molar-refractivity contribution in [2.45, 2.75) is 58.7 Å². The van der Waals surface area contributed by atoms with E-state index in [1.165, 1.54) is 6.42 Å². The third-order valence-electron chi connectivity index (χ3n) is 5.39. The molecule has 2 aliphatic rings. The Balaban J connectivity index is 0.00000208. The highest BCUT2D eigenvalue weighted by Crippen LogP contribution is 2.51. The number of halogens is 1. The quantitative estimate of drug-likeness (QED) is 0.422. The van der Waals surface area contributed by atoms with Crippen LogP contribution >= 0.6 is 24.0 Å². The molecule has 3 rings (SSSR count). The summed E-state index contributed by atoms with van der Waals surface area (Å²) in [7, 11) is 1.82. The number of fused-ring (bicyclic) bond motifs is 1. The molecule has 1 aliphatic heterocycles. The van der Waals surface area contributed by atoms with Gasteiger partial charge < -0.3 is 19.8 Å². The van der Waals surface area contributed by atoms with Gasteiger partial charge >= 0.3 is 0 Å². The summed E-state index contributed by atoms with van der Waals surface area (Å²) in [5.41, 5.74) is 0.132. The van der Waals surface area contributed by atoms with Crippen molar-refractivity contribution in [2.24, 2.45) is 16.3 Å². The molecule has 0 spiro atoms. The van der Waals surface area contributed by atoms with Crippen molar-refractivity contribution < 1.29 is 9.15 Å². The highest BCUT2D eigenvalue weighted by Gasteiger charge is 2.58. The molecule has 0 aromatic carbocycles. The molecular weight excluding hydrogens is 417 g/mol. The average molecular weight is 447 g/mol. The fourth-order valence-corrected chi connectivity index (χ4v) is 4.10. The number of nitrogens with zero attached hydrogens (tertiary/aromatic N) is 1. The van der Waals surface area contributed by atoms with Crippen molar-refractivity contribution in [1.29, 1.82) is 0 Å². The fourth-order valence-electron chi connectivity index (χ4n) is 4.10. The van der Waals surface area contributed by atoms with E-state index in [1.54, 1.807) is 0 Å². The van der Waals surface area contributed by atoms with Crippen LogP contribution in [0.3, 0.4) is 0 Å². The van der Waals surface area contributed by atoms with E-state index >= 15 is 0 Å². The van der Waals surface area contributed by atoms with Crippen molar-refractivity contribution in [3.63, 3.8) is 0 Å². The van der Waals surface area contributed by atoms with Crippen LogP contribution in [0.25, 0.3) is 0 Å². The first-order chi connectivity index (χ1) is 10.9. The standard InChI is InChI=1S/C18H29N3O2.HI/c1-11-8-9-14(23-11)12(2)20-17(19-5)21-15-13-7-6-10-22-16(13)18(15,3)4;/h8-9,12-13,15-16H,6-7,10H2,1-5H3,(H2,19,20,21);1H. The summed E-state index contributed by atoms with van der Waals surface area (Å²) in [6.45, 7) is 9.51. The van der Waals surface area contributed by atoms with Crippen LogP contribution in [0.15, 0.2) is 21.5 Å². The lowest BCUT2D eigenvalue weighted by atomic mass is 9.55. The van der Waals surface area contributed by atoms with Gasteiger partial charge in [0, 0.05) is 31.0 Å². The molecule has 4 atom stereocenters. The first-order valence-corrected chi connectivity index (χ1v) is 8.61. The Hall–Kier alpha value is -0.760. The first-order valence-electron chi connectivity index (χ1n) is 8.61. The minimum atomic E-state index is 0. The smallest absolute Gasteiger partial charge is 0.191 e. The summed E-state index contributed by atoms with van der Waals surface area (Å²) in [6, 6.07) is 4.47. The van der Waals surface area contributed by atoms with Gasteiger partial charge in [-0.3, -0.25) is 4.99 Å². The predicted molar refractivity (Wildman–Crippen MR) is 107 cm³/mol. The number of aryl methyl sites for hydroxylation is 1. The molecule has 4 unspecified atom stereocenters. The number of nitrogens with one attached hydrogen (secondary N) is 2. The van der Waals surface area contributed by atoms with Gasteiger partial charge in [0.2, 0.25) is 0 Å². The average Bonchev–Trinajstić information content (AvgIpc) is 2.97. The third kappa shape index (κ3) is 3.59. The fraction of sp³-hybridized carbons (Fsp3) is 0.722. The van der Waals surface area contributed by atoms with Crippen molar-refractivity contribution in [2.75, 3.05) is 13.7 Å². The van der Waals surface area contributed by atoms with Crippen LogP contribution in [0.1, 0.15) is 51.2 Å². The predicted octanol–water partition coefficient (Wildman–Crippen LogP) is 3.64. The molecule has 2 N–H and O–H groups in total. The van der Waals surface area contributed by atoms with Gasteiger partial charge in [0.25, 0.3) is 0 Å². The molecule has 2 heterocycles. The van der Waals surface area contributed by atoms with E-state index in [9.17, 15) is 0 Å². The van der Waals surface area contributed by atoms with Gasteiger partial charge in [-0.15, -0.1) is 24.0 Å². The normalized spacial score (nSPS) is 29.7. The second kappa shape index (κ2) is 7.64. The number of aliphatic imine (C=N–C) groups is 1. The highest BCUT2D eigenvalue weighted by molar-refractivity contribution is 14.0. The van der Waals surface area contributed by atoms with Crippen molar-refractivity contribution in [3.05, 3.63) is 23.7 Å². The first kappa shape index (κ1) is 19.6. The Kier molecular flexibility index (Phi) is 6.23. The SMILES string of the molecule is CN=C(NC(C)c1ccc(C)o1)NC1C2CCCOC2C1(C)C.I. The monoisotopic (exact) mass is 447 g/mol. The second-order valence-electron chi connectivity index (χ2n) is 7.43. The second-order valence-corrected chi connectivity index (χ2v) is 7.43. The summed E-state index contributed by atoms with van der Waals surface area (Å²) in [5, 5.41) is 7.05. The van der Waals surface area contributed by atoms with Gasteiger partial charge in [0.05, 0.1) is 12.1 Å². The van der Waals surface area contributed by atoms with Gasteiger partial charge in [0.15, 0.2) is 5.96 Å². The maximum atomic E-state index is 5.98. The van der Waals surface area contributed by atoms with E-state index in [0.29, 0.717) is 18.1 Å². The maximum Gasteiger partial charge on any atom is 0.191 e. The molecule has 1 aliphatic carbocycles. The van der Waals surface area contributed by atoms with Crippen LogP contribution in [0, 0.1) is 18.3 Å². The molecule has 0 radical (unpaired) electrons. The molecule has 1 aromatic rings. The number of ether oxygens (including phenoxy) is 1. The van der Waals surface area contributed by atoms with E-state index in [2.05, 4.69) is 36.4 Å². The number of hydrogen-bond donors (Lipinski definition) is 2. The zero-order valence-corrected chi connectivity index (χ0v) is 17.6. The molecule has 6 heteroatoms. The zero-order chi connectivity index (χ0) is 16.6. The lowest BCUT2D eigenvalue weighted by Crippen LogP contribution is -2.71. The van der Waals surface area contributed by atoms with E-state index in [0.717, 1.165) is 30.5 Å². The lowest BCUT2D eigenvalue weighted by molar-refractivity contribution is -0.188. The molecule has 1 aromatic heterocycles. The van der Waals surface area contributed by atoms with Crippen LogP contribution < -0.4 is 10.6 Å². The molecule has 1 saturated heterocycles. The Bertz CT molecular complexity index is 585. The summed E-state index contributed by atoms with van der Waals surface area (Å²) in [4.78, 5) is 4.40. The zero-order valence-electron chi connectivity index (χ0n) is 15.3. The minimum Gasteiger partial charge on any atom is -0.464 e. The van der Waals surface area contributed by atoms with E-state index in [1.807, 2.05) is 26.1 Å². The Morgan fingerprint density at radius 1 is 1.38 bits per heavy atom. The van der Waals surface area contributed by atoms with E-state index in [4.69, 9.17) is 9.15 Å². The third-order valence-corrected chi connectivity index (χ3v) is 5.39. The summed E-state index contributed by atoms with van der Waals surface area (Å²) in [5.74, 6) is 3.27. The van der Waals surface area contributed by atoms with Gasteiger partial charge in [-0.1, -0.05) is 13.8 Å². The van der Waals surface area contributed by atoms with Gasteiger partial charge in [-0.2, -0.15) is 0 Å². The Morgan fingerprint density at radius 3 is 2.75 bits per heavy atom. The van der Waals surface area contributed by atoms with Crippen LogP contribution in [-0.4, -0.2) is 31.8 Å². The van der Waals surface area contributed by atoms with Gasteiger partial charge in [0.1, 0.15) is 11.5 Å². The van der Waals surface area contributed by atoms with E-state index < -0.39 is 0 Å². The number of rotatable bonds is 3. The van der Waals surface area contributed by atoms with Crippen LogP contribution in [0.2, 0.25) is 0 Å². The lowest BCUT2D eigenvalue weighted by Gasteiger charge is -2.60. The molecule has 24 heavy (non-hydrogen) atoms. The molecular formula is C18H30IN3O2. The molecule has 1 saturated carbocycles.